The van der Waals surface area contributed by atoms with Gasteiger partial charge in [-0.15, -0.1) is 0 Å². The average Bonchev–Trinajstić information content (AvgIpc) is 2.17. The van der Waals surface area contributed by atoms with Gasteiger partial charge in [0, 0.05) is 6.42 Å². The van der Waals surface area contributed by atoms with Crippen molar-refractivity contribution in [3.63, 3.8) is 0 Å². The molecule has 0 amide bonds. The summed E-state index contributed by atoms with van der Waals surface area (Å²) in [6, 6.07) is -1.25. The van der Waals surface area contributed by atoms with Crippen molar-refractivity contribution in [1.29, 1.82) is 0 Å². The van der Waals surface area contributed by atoms with Crippen LogP contribution in [-0.2, 0) is 29.3 Å². The van der Waals surface area contributed by atoms with Gasteiger partial charge in [0.2, 0.25) is 0 Å². The summed E-state index contributed by atoms with van der Waals surface area (Å²) in [5.41, 5.74) is -1.45. The second-order valence-corrected chi connectivity index (χ2v) is 8.20. The molecule has 130 valence electrons. The standard InChI is InChI=1S/C13H26N2O6S/c1-12(2,3)20-10(16)8-7-9(15-22(14,18)19)11(17)21-13(4,5)6/h9,15H,7-8H2,1-6H3,(H2,14,18,19). The van der Waals surface area contributed by atoms with Crippen LogP contribution in [0.2, 0.25) is 0 Å². The molecule has 0 saturated heterocycles. The highest BCUT2D eigenvalue weighted by Crippen LogP contribution is 2.13. The molecule has 22 heavy (non-hydrogen) atoms. The van der Waals surface area contributed by atoms with Crippen molar-refractivity contribution in [2.75, 3.05) is 0 Å². The molecule has 0 fully saturated rings. The fourth-order valence-corrected chi connectivity index (χ4v) is 2.06. The minimum absolute atomic E-state index is 0.111. The van der Waals surface area contributed by atoms with Gasteiger partial charge in [0.1, 0.15) is 17.2 Å². The van der Waals surface area contributed by atoms with Crippen LogP contribution in [0.15, 0.2) is 0 Å². The Hall–Kier alpha value is -1.19. The van der Waals surface area contributed by atoms with Crippen LogP contribution >= 0.6 is 0 Å². The van der Waals surface area contributed by atoms with Crippen molar-refractivity contribution < 1.29 is 27.5 Å². The molecule has 0 spiro atoms. The zero-order chi connectivity index (χ0) is 17.8. The third-order valence-electron chi connectivity index (χ3n) is 2.05. The van der Waals surface area contributed by atoms with Crippen LogP contribution in [0.5, 0.6) is 0 Å². The van der Waals surface area contributed by atoms with E-state index in [9.17, 15) is 18.0 Å². The van der Waals surface area contributed by atoms with Crippen molar-refractivity contribution in [3.05, 3.63) is 0 Å². The van der Waals surface area contributed by atoms with E-state index in [1.165, 1.54) is 0 Å². The molecule has 0 aliphatic rings. The quantitative estimate of drug-likeness (QED) is 0.684. The molecule has 0 aliphatic heterocycles. The Bertz CT molecular complexity index is 502. The van der Waals surface area contributed by atoms with Crippen molar-refractivity contribution >= 4 is 22.1 Å². The monoisotopic (exact) mass is 338 g/mol. The Kier molecular flexibility index (Phi) is 6.98. The minimum atomic E-state index is -4.11. The van der Waals surface area contributed by atoms with Crippen molar-refractivity contribution in [1.82, 2.24) is 4.72 Å². The summed E-state index contributed by atoms with van der Waals surface area (Å²) in [6.45, 7) is 10.1. The van der Waals surface area contributed by atoms with E-state index in [1.807, 2.05) is 4.72 Å². The van der Waals surface area contributed by atoms with Crippen LogP contribution in [0.4, 0.5) is 0 Å². The van der Waals surface area contributed by atoms with E-state index in [-0.39, 0.29) is 12.8 Å². The van der Waals surface area contributed by atoms with Crippen molar-refractivity contribution in [3.8, 4) is 0 Å². The van der Waals surface area contributed by atoms with Crippen LogP contribution in [0.3, 0.4) is 0 Å². The zero-order valence-electron chi connectivity index (χ0n) is 13.9. The van der Waals surface area contributed by atoms with Gasteiger partial charge in [-0.1, -0.05) is 0 Å². The van der Waals surface area contributed by atoms with Gasteiger partial charge < -0.3 is 9.47 Å². The Balaban J connectivity index is 4.82. The number of rotatable bonds is 6. The van der Waals surface area contributed by atoms with Crippen LogP contribution in [0.25, 0.3) is 0 Å². The summed E-state index contributed by atoms with van der Waals surface area (Å²) in [5.74, 6) is -1.35. The number of esters is 2. The molecule has 0 aliphatic carbocycles. The smallest absolute Gasteiger partial charge is 0.324 e. The van der Waals surface area contributed by atoms with Crippen molar-refractivity contribution in [2.24, 2.45) is 5.14 Å². The lowest BCUT2D eigenvalue weighted by atomic mass is 10.1. The topological polar surface area (TPSA) is 125 Å². The lowest BCUT2D eigenvalue weighted by Crippen LogP contribution is -2.46. The summed E-state index contributed by atoms with van der Waals surface area (Å²) in [4.78, 5) is 23.6. The highest BCUT2D eigenvalue weighted by Gasteiger charge is 2.29. The molecule has 1 unspecified atom stereocenters. The SMILES string of the molecule is CC(C)(C)OC(=O)CCC(NS(N)(=O)=O)C(=O)OC(C)(C)C. The molecule has 0 aromatic heterocycles. The predicted octanol–water partition coefficient (Wildman–Crippen LogP) is 0.612. The van der Waals surface area contributed by atoms with Crippen LogP contribution < -0.4 is 9.86 Å². The zero-order valence-corrected chi connectivity index (χ0v) is 14.7. The van der Waals surface area contributed by atoms with Gasteiger partial charge in [0.25, 0.3) is 10.2 Å². The maximum atomic E-state index is 12.0. The van der Waals surface area contributed by atoms with E-state index in [0.717, 1.165) is 0 Å². The third-order valence-corrected chi connectivity index (χ3v) is 2.67. The van der Waals surface area contributed by atoms with E-state index >= 15 is 0 Å². The Labute approximate surface area is 131 Å². The van der Waals surface area contributed by atoms with Crippen LogP contribution in [-0.4, -0.2) is 37.6 Å². The Morgan fingerprint density at radius 1 is 1.05 bits per heavy atom. The predicted molar refractivity (Wildman–Crippen MR) is 81.0 cm³/mol. The first-order chi connectivity index (χ1) is 9.59. The van der Waals surface area contributed by atoms with E-state index in [2.05, 4.69) is 0 Å². The molecular weight excluding hydrogens is 312 g/mol. The van der Waals surface area contributed by atoms with Gasteiger partial charge in [-0.3, -0.25) is 9.59 Å². The minimum Gasteiger partial charge on any atom is -0.460 e. The molecule has 8 nitrogen and oxygen atoms in total. The molecular formula is C13H26N2O6S. The number of hydrogen-bond acceptors (Lipinski definition) is 6. The number of hydrogen-bond donors (Lipinski definition) is 2. The first-order valence-corrected chi connectivity index (χ1v) is 8.38. The number of carbonyl (C=O) groups is 2. The molecule has 0 aromatic carbocycles. The largest absolute Gasteiger partial charge is 0.460 e. The molecule has 3 N–H and O–H groups in total. The molecule has 0 rings (SSSR count). The van der Waals surface area contributed by atoms with E-state index < -0.39 is 39.4 Å². The number of nitrogens with one attached hydrogen (secondary N) is 1. The molecule has 0 bridgehead atoms. The van der Waals surface area contributed by atoms with Gasteiger partial charge >= 0.3 is 11.9 Å². The Morgan fingerprint density at radius 2 is 1.50 bits per heavy atom. The molecule has 0 aromatic rings. The summed E-state index contributed by atoms with van der Waals surface area (Å²) < 4.78 is 34.4. The van der Waals surface area contributed by atoms with Crippen LogP contribution in [0, 0.1) is 0 Å². The second-order valence-electron chi connectivity index (χ2n) is 6.87. The molecule has 0 radical (unpaired) electrons. The summed E-state index contributed by atoms with van der Waals surface area (Å²) >= 11 is 0. The highest BCUT2D eigenvalue weighted by atomic mass is 32.2. The number of carbonyl (C=O) groups excluding carboxylic acids is 2. The van der Waals surface area contributed by atoms with Gasteiger partial charge in [0.15, 0.2) is 0 Å². The van der Waals surface area contributed by atoms with Gasteiger partial charge in [-0.05, 0) is 48.0 Å². The molecule has 0 heterocycles. The number of ether oxygens (including phenoxy) is 2. The lowest BCUT2D eigenvalue weighted by molar-refractivity contribution is -0.158. The Morgan fingerprint density at radius 3 is 1.86 bits per heavy atom. The summed E-state index contributed by atoms with van der Waals surface area (Å²) in [5, 5.41) is 4.88. The lowest BCUT2D eigenvalue weighted by Gasteiger charge is -2.24. The second kappa shape index (κ2) is 7.38. The fraction of sp³-hybridized carbons (Fsp3) is 0.846. The summed E-state index contributed by atoms with van der Waals surface area (Å²) in [6.07, 6.45) is -0.260. The van der Waals surface area contributed by atoms with Crippen molar-refractivity contribution in [2.45, 2.75) is 71.6 Å². The molecule has 1 atom stereocenters. The van der Waals surface area contributed by atoms with Gasteiger partial charge in [-0.25, -0.2) is 5.14 Å². The fourth-order valence-electron chi connectivity index (χ4n) is 1.45. The van der Waals surface area contributed by atoms with E-state index in [4.69, 9.17) is 14.6 Å². The maximum absolute atomic E-state index is 12.0. The first-order valence-electron chi connectivity index (χ1n) is 6.84. The first kappa shape index (κ1) is 20.8. The maximum Gasteiger partial charge on any atom is 0.324 e. The normalized spacial score (nSPS) is 14.3. The number of nitrogens with two attached hydrogens (primary N) is 1. The summed E-state index contributed by atoms with van der Waals surface area (Å²) in [7, 11) is -4.11. The third kappa shape index (κ3) is 11.5. The van der Waals surface area contributed by atoms with Gasteiger partial charge in [0.05, 0.1) is 0 Å². The average molecular weight is 338 g/mol. The molecule has 0 saturated carbocycles. The van der Waals surface area contributed by atoms with Gasteiger partial charge in [-0.2, -0.15) is 13.1 Å². The van der Waals surface area contributed by atoms with Crippen LogP contribution in [0.1, 0.15) is 54.4 Å². The van der Waals surface area contributed by atoms with E-state index in [0.29, 0.717) is 0 Å². The van der Waals surface area contributed by atoms with E-state index in [1.54, 1.807) is 41.5 Å². The molecule has 9 heteroatoms. The highest BCUT2D eigenvalue weighted by molar-refractivity contribution is 7.87.